The molecule has 0 aliphatic heterocycles. The monoisotopic (exact) mass is 362 g/mol. The van der Waals surface area contributed by atoms with Gasteiger partial charge >= 0.3 is 23.1 Å². The molecule has 0 amide bonds. The van der Waals surface area contributed by atoms with Crippen LogP contribution in [0.4, 0.5) is 0 Å². The van der Waals surface area contributed by atoms with Crippen LogP contribution in [-0.4, -0.2) is 58.9 Å². The van der Waals surface area contributed by atoms with E-state index in [1.807, 2.05) is 13.8 Å². The molecular weight excluding hydrogens is 321 g/mol. The van der Waals surface area contributed by atoms with Crippen LogP contribution < -0.4 is 0 Å². The topological polar surface area (TPSA) is 52.9 Å². The Kier molecular flexibility index (Phi) is 21.8. The minimum atomic E-state index is 0. The van der Waals surface area contributed by atoms with Crippen LogP contribution >= 0.6 is 0 Å². The van der Waals surface area contributed by atoms with E-state index in [2.05, 4.69) is 76.0 Å². The summed E-state index contributed by atoms with van der Waals surface area (Å²) in [7, 11) is 0. The zero-order valence-electron chi connectivity index (χ0n) is 18.6. The molecule has 5 heteroatoms. The summed E-state index contributed by atoms with van der Waals surface area (Å²) in [5, 5.41) is 8.87. The van der Waals surface area contributed by atoms with Crippen LogP contribution in [0.1, 0.15) is 94.9 Å². The first-order chi connectivity index (χ1) is 11.2. The molecule has 0 aromatic rings. The van der Waals surface area contributed by atoms with Crippen molar-refractivity contribution in [2.75, 3.05) is 0 Å². The first-order valence-corrected chi connectivity index (χ1v) is 9.70. The molecular formula is C20H42MgN4. The molecule has 0 rings (SSSR count). The molecule has 0 aromatic carbocycles. The van der Waals surface area contributed by atoms with Crippen molar-refractivity contribution < 1.29 is 0 Å². The van der Waals surface area contributed by atoms with Gasteiger partial charge in [0, 0.05) is 0 Å². The zero-order chi connectivity index (χ0) is 19.1. The molecule has 0 N–H and O–H groups in total. The second kappa shape index (κ2) is 18.5. The van der Waals surface area contributed by atoms with Gasteiger partial charge in [-0.05, 0) is 38.0 Å². The first kappa shape index (κ1) is 29.5. The third-order valence-corrected chi connectivity index (χ3v) is 3.99. The second-order valence-corrected chi connectivity index (χ2v) is 6.64. The van der Waals surface area contributed by atoms with Gasteiger partial charge < -0.3 is 20.6 Å². The van der Waals surface area contributed by atoms with Gasteiger partial charge in [0.05, 0.1) is 0 Å². The van der Waals surface area contributed by atoms with Crippen LogP contribution in [0, 0.1) is 0 Å². The first-order valence-electron chi connectivity index (χ1n) is 9.70. The molecule has 0 saturated carbocycles. The van der Waals surface area contributed by atoms with Gasteiger partial charge in [-0.25, -0.2) is 0 Å². The van der Waals surface area contributed by atoms with Crippen molar-refractivity contribution in [2.24, 2.45) is 9.98 Å². The average molecular weight is 363 g/mol. The normalized spacial score (nSPS) is 16.6. The Morgan fingerprint density at radius 1 is 0.640 bits per heavy atom. The van der Waals surface area contributed by atoms with Crippen LogP contribution in [0.3, 0.4) is 0 Å². The zero-order valence-corrected chi connectivity index (χ0v) is 20.0. The van der Waals surface area contributed by atoms with Crippen molar-refractivity contribution in [3.8, 4) is 0 Å². The number of hydrogen-bond donors (Lipinski definition) is 0. The molecule has 4 unspecified atom stereocenters. The van der Waals surface area contributed by atoms with E-state index in [0.717, 1.165) is 37.4 Å². The Morgan fingerprint density at radius 3 is 1.12 bits per heavy atom. The molecule has 144 valence electrons. The molecule has 0 aliphatic carbocycles. The molecule has 0 saturated heterocycles. The molecule has 25 heavy (non-hydrogen) atoms. The van der Waals surface area contributed by atoms with Gasteiger partial charge in [0.1, 0.15) is 0 Å². The summed E-state index contributed by atoms with van der Waals surface area (Å²) in [6.07, 6.45) is 4.36. The van der Waals surface area contributed by atoms with E-state index >= 15 is 0 Å². The van der Waals surface area contributed by atoms with Crippen LogP contribution in [0.5, 0.6) is 0 Å². The Morgan fingerprint density at radius 2 is 0.920 bits per heavy atom. The predicted molar refractivity (Wildman–Crippen MR) is 118 cm³/mol. The van der Waals surface area contributed by atoms with E-state index in [4.69, 9.17) is 0 Å². The standard InChI is InChI=1S/2C10H21N2.Mg/c2*1-6-8(3)11-10(5)12-9(4)7-2;/h2*8-9H,6-7H2,1-5H3;/q2*-1;+2. The Balaban J connectivity index is -0.000000372. The van der Waals surface area contributed by atoms with Crippen LogP contribution in [0.2, 0.25) is 0 Å². The Labute approximate surface area is 174 Å². The summed E-state index contributed by atoms with van der Waals surface area (Å²) in [5.74, 6) is 1.89. The number of rotatable bonds is 8. The maximum absolute atomic E-state index is 4.43. The smallest absolute Gasteiger partial charge is 0.466 e. The van der Waals surface area contributed by atoms with Crippen molar-refractivity contribution in [1.29, 1.82) is 0 Å². The fourth-order valence-corrected chi connectivity index (χ4v) is 1.71. The van der Waals surface area contributed by atoms with E-state index in [0.29, 0.717) is 24.2 Å². The number of hydrogen-bond acceptors (Lipinski definition) is 2. The summed E-state index contributed by atoms with van der Waals surface area (Å²) in [5.41, 5.74) is 0. The van der Waals surface area contributed by atoms with Gasteiger partial charge in [-0.2, -0.15) is 0 Å². The SMILES string of the molecule is CCC(C)N=C(C)[N-]C(C)CC.CCC(C)N=C(C)[N-]C(C)CC.[Mg+2]. The molecule has 4 nitrogen and oxygen atoms in total. The minimum absolute atomic E-state index is 0. The maximum atomic E-state index is 4.43. The van der Waals surface area contributed by atoms with E-state index in [1.165, 1.54) is 0 Å². The Bertz CT molecular complexity index is 322. The third-order valence-electron chi connectivity index (χ3n) is 3.99. The van der Waals surface area contributed by atoms with E-state index in [-0.39, 0.29) is 23.1 Å². The minimum Gasteiger partial charge on any atom is -0.466 e. The van der Waals surface area contributed by atoms with Crippen molar-refractivity contribution in [3.05, 3.63) is 10.6 Å². The number of aliphatic imine (C=N–C) groups is 2. The molecule has 0 radical (unpaired) electrons. The summed E-state index contributed by atoms with van der Waals surface area (Å²) in [6.45, 7) is 21.0. The number of amidine groups is 2. The summed E-state index contributed by atoms with van der Waals surface area (Å²) in [4.78, 5) is 8.87. The van der Waals surface area contributed by atoms with Gasteiger partial charge in [0.25, 0.3) is 0 Å². The fourth-order valence-electron chi connectivity index (χ4n) is 1.71. The molecule has 0 spiro atoms. The van der Waals surface area contributed by atoms with E-state index in [1.54, 1.807) is 0 Å². The van der Waals surface area contributed by atoms with Gasteiger partial charge in [-0.15, -0.1) is 0 Å². The van der Waals surface area contributed by atoms with Crippen molar-refractivity contribution in [1.82, 2.24) is 0 Å². The van der Waals surface area contributed by atoms with Crippen molar-refractivity contribution in [3.63, 3.8) is 0 Å². The van der Waals surface area contributed by atoms with Crippen LogP contribution in [-0.2, 0) is 0 Å². The second-order valence-electron chi connectivity index (χ2n) is 6.64. The predicted octanol–water partition coefficient (Wildman–Crippen LogP) is 6.37. The van der Waals surface area contributed by atoms with E-state index in [9.17, 15) is 0 Å². The fraction of sp³-hybridized carbons (Fsp3) is 0.900. The molecule has 0 aliphatic rings. The largest absolute Gasteiger partial charge is 2.00 e. The van der Waals surface area contributed by atoms with Gasteiger partial charge in [0.15, 0.2) is 0 Å². The molecule has 0 heterocycles. The van der Waals surface area contributed by atoms with Crippen molar-refractivity contribution in [2.45, 2.75) is 119 Å². The average Bonchev–Trinajstić information content (AvgIpc) is 2.54. The quantitative estimate of drug-likeness (QED) is 0.273. The molecule has 0 fully saturated rings. The van der Waals surface area contributed by atoms with E-state index < -0.39 is 0 Å². The van der Waals surface area contributed by atoms with Crippen molar-refractivity contribution >= 4 is 34.7 Å². The number of nitrogens with zero attached hydrogens (tertiary/aromatic N) is 4. The molecule has 0 aromatic heterocycles. The molecule has 4 atom stereocenters. The van der Waals surface area contributed by atoms with Gasteiger partial charge in [-0.3, -0.25) is 0 Å². The molecule has 0 bridgehead atoms. The summed E-state index contributed by atoms with van der Waals surface area (Å²) >= 11 is 0. The third kappa shape index (κ3) is 19.9. The Hall–Kier alpha value is -0.294. The summed E-state index contributed by atoms with van der Waals surface area (Å²) < 4.78 is 0. The van der Waals surface area contributed by atoms with Crippen LogP contribution in [0.25, 0.3) is 10.6 Å². The summed E-state index contributed by atoms with van der Waals surface area (Å²) in [6, 6.07) is 1.66. The maximum Gasteiger partial charge on any atom is 2.00 e. The van der Waals surface area contributed by atoms with Crippen LogP contribution in [0.15, 0.2) is 9.98 Å². The van der Waals surface area contributed by atoms with Gasteiger partial charge in [-0.1, -0.05) is 92.7 Å². The van der Waals surface area contributed by atoms with Gasteiger partial charge in [0.2, 0.25) is 0 Å².